The molecule has 2 amide bonds. The molecule has 0 saturated carbocycles. The zero-order valence-corrected chi connectivity index (χ0v) is 33.6. The molecule has 0 unspecified atom stereocenters. The van der Waals surface area contributed by atoms with Crippen molar-refractivity contribution < 1.29 is 32.6 Å². The fraction of sp³-hybridized carbons (Fsp3) is 0.333. The smallest absolute Gasteiger partial charge is 0.267 e. The number of methoxy groups -OCH3 is 2. The number of rotatable bonds is 11. The topological polar surface area (TPSA) is 76.5 Å². The van der Waals surface area contributed by atoms with Gasteiger partial charge in [0, 0.05) is 66.9 Å². The summed E-state index contributed by atoms with van der Waals surface area (Å²) in [4.78, 5) is 35.7. The van der Waals surface area contributed by atoms with Gasteiger partial charge >= 0.3 is 0 Å². The van der Waals surface area contributed by atoms with Crippen molar-refractivity contribution in [1.82, 2.24) is 14.4 Å². The molecule has 2 aliphatic rings. The molecule has 1 aromatic heterocycles. The van der Waals surface area contributed by atoms with Crippen LogP contribution in [0, 0.1) is 13.8 Å². The van der Waals surface area contributed by atoms with E-state index >= 15 is 4.79 Å². The molecule has 5 aromatic rings. The second-order valence-electron chi connectivity index (χ2n) is 14.6. The highest BCUT2D eigenvalue weighted by molar-refractivity contribution is 6.30. The molecule has 0 radical (unpaired) electrons. The van der Waals surface area contributed by atoms with Crippen LogP contribution in [-0.2, 0) is 31.3 Å². The Morgan fingerprint density at radius 1 is 0.895 bits per heavy atom. The average molecular weight is 797 g/mol. The third-order valence-electron chi connectivity index (χ3n) is 11.4. The molecule has 0 spiro atoms. The Bertz CT molecular complexity index is 2270. The molecule has 0 N–H and O–H groups in total. The Labute approximate surface area is 337 Å². The van der Waals surface area contributed by atoms with E-state index in [1.807, 2.05) is 55.1 Å². The van der Waals surface area contributed by atoms with Crippen LogP contribution in [0.3, 0.4) is 0 Å². The van der Waals surface area contributed by atoms with Crippen LogP contribution < -0.4 is 14.4 Å². The van der Waals surface area contributed by atoms with Gasteiger partial charge in [-0.25, -0.2) is 8.78 Å². The molecule has 9 nitrogen and oxygen atoms in total. The summed E-state index contributed by atoms with van der Waals surface area (Å²) in [5, 5.41) is 0.526. The van der Waals surface area contributed by atoms with Crippen molar-refractivity contribution in [2.24, 2.45) is 7.05 Å². The lowest BCUT2D eigenvalue weighted by atomic mass is 9.91. The molecule has 2 aliphatic heterocycles. The van der Waals surface area contributed by atoms with Gasteiger partial charge in [0.1, 0.15) is 11.5 Å². The zero-order valence-electron chi connectivity index (χ0n) is 32.9. The highest BCUT2D eigenvalue weighted by Crippen LogP contribution is 2.40. The summed E-state index contributed by atoms with van der Waals surface area (Å²) < 4.78 is 47.9. The van der Waals surface area contributed by atoms with E-state index in [2.05, 4.69) is 11.0 Å². The van der Waals surface area contributed by atoms with E-state index in [0.29, 0.717) is 66.1 Å². The number of ether oxygens (including phenoxy) is 3. The minimum absolute atomic E-state index is 0.0796. The molecule has 1 fully saturated rings. The standard InChI is InChI=1S/C45H47ClF2N4O5/c1-28-31(11-8-12-41(28)55-4)25-51(34-15-13-33(46)14-16-34)44(53)36-23-40(49(3)29(36)2)37-22-39(43(47)48)42(56-5)24-38(37)45(54)52-26-32-10-7-6-9-30(32)21-35(52)27-50-17-19-57-20-18-50/h6-16,22-24,35,43H,17-21,25-27H2,1-5H3/t35-/m0/s1. The minimum Gasteiger partial charge on any atom is -0.496 e. The third kappa shape index (κ3) is 8.14. The summed E-state index contributed by atoms with van der Waals surface area (Å²) in [6.45, 7) is 7.73. The summed E-state index contributed by atoms with van der Waals surface area (Å²) in [5.41, 5.74) is 6.16. The first-order valence-electron chi connectivity index (χ1n) is 19.0. The molecule has 57 heavy (non-hydrogen) atoms. The van der Waals surface area contributed by atoms with Gasteiger partial charge in [0.15, 0.2) is 0 Å². The number of fused-ring (bicyclic) bond motifs is 1. The van der Waals surface area contributed by atoms with Gasteiger partial charge < -0.3 is 28.6 Å². The van der Waals surface area contributed by atoms with Gasteiger partial charge in [0.05, 0.1) is 50.7 Å². The monoisotopic (exact) mass is 796 g/mol. The van der Waals surface area contributed by atoms with Crippen LogP contribution in [0.4, 0.5) is 14.5 Å². The Hall–Kier alpha value is -5.23. The van der Waals surface area contributed by atoms with Crippen LogP contribution >= 0.6 is 11.6 Å². The van der Waals surface area contributed by atoms with E-state index < -0.39 is 6.43 Å². The molecule has 4 aromatic carbocycles. The van der Waals surface area contributed by atoms with Crippen LogP contribution in [0.2, 0.25) is 5.02 Å². The van der Waals surface area contributed by atoms with Crippen molar-refractivity contribution >= 4 is 29.1 Å². The Morgan fingerprint density at radius 2 is 1.60 bits per heavy atom. The maximum absolute atomic E-state index is 15.1. The van der Waals surface area contributed by atoms with Gasteiger partial charge in [-0.15, -0.1) is 0 Å². The fourth-order valence-electron chi connectivity index (χ4n) is 8.00. The number of carbonyl (C=O) groups excluding carboxylic acids is 2. The predicted molar refractivity (Wildman–Crippen MR) is 218 cm³/mol. The largest absolute Gasteiger partial charge is 0.496 e. The Balaban J connectivity index is 1.33. The molecule has 1 atom stereocenters. The number of halogens is 3. The third-order valence-corrected chi connectivity index (χ3v) is 11.6. The second-order valence-corrected chi connectivity index (χ2v) is 15.0. The summed E-state index contributed by atoms with van der Waals surface area (Å²) in [6, 6.07) is 25.1. The van der Waals surface area contributed by atoms with Crippen molar-refractivity contribution in [3.05, 3.63) is 135 Å². The number of anilines is 1. The van der Waals surface area contributed by atoms with E-state index in [0.717, 1.165) is 29.8 Å². The van der Waals surface area contributed by atoms with E-state index in [9.17, 15) is 13.6 Å². The van der Waals surface area contributed by atoms with Gasteiger partial charge in [0.2, 0.25) is 0 Å². The quantitative estimate of drug-likeness (QED) is 0.133. The highest BCUT2D eigenvalue weighted by atomic mass is 35.5. The van der Waals surface area contributed by atoms with Gasteiger partial charge in [-0.05, 0) is 91.1 Å². The van der Waals surface area contributed by atoms with Crippen LogP contribution in [-0.4, -0.2) is 79.3 Å². The molecule has 0 bridgehead atoms. The maximum Gasteiger partial charge on any atom is 0.267 e. The summed E-state index contributed by atoms with van der Waals surface area (Å²) >= 11 is 6.27. The van der Waals surface area contributed by atoms with Gasteiger partial charge in [-0.1, -0.05) is 48.0 Å². The van der Waals surface area contributed by atoms with Crippen molar-refractivity contribution in [1.29, 1.82) is 0 Å². The second kappa shape index (κ2) is 17.1. The maximum atomic E-state index is 15.1. The van der Waals surface area contributed by atoms with Crippen LogP contribution in [0.25, 0.3) is 11.3 Å². The molecule has 12 heteroatoms. The molecular weight excluding hydrogens is 750 g/mol. The van der Waals surface area contributed by atoms with Gasteiger partial charge in [-0.2, -0.15) is 0 Å². The number of carbonyl (C=O) groups is 2. The summed E-state index contributed by atoms with van der Waals surface area (Å²) in [6.07, 6.45) is -2.23. The van der Waals surface area contributed by atoms with E-state index in [-0.39, 0.29) is 46.8 Å². The lowest BCUT2D eigenvalue weighted by molar-refractivity contribution is 0.0193. The lowest BCUT2D eigenvalue weighted by Crippen LogP contribution is -2.52. The SMILES string of the molecule is COc1cc(C(=O)N2Cc3ccccc3C[C@H]2CN2CCOCC2)c(-c2cc(C(=O)N(Cc3cccc(OC)c3C)c3ccc(Cl)cc3)c(C)n2C)cc1C(F)F. The average Bonchev–Trinajstić information content (AvgIpc) is 3.52. The molecule has 7 rings (SSSR count). The summed E-state index contributed by atoms with van der Waals surface area (Å²) in [7, 11) is 4.71. The van der Waals surface area contributed by atoms with Crippen molar-refractivity contribution in [3.63, 3.8) is 0 Å². The lowest BCUT2D eigenvalue weighted by Gasteiger charge is -2.40. The molecule has 298 valence electrons. The number of aromatic nitrogens is 1. The fourth-order valence-corrected chi connectivity index (χ4v) is 8.13. The number of benzene rings is 4. The first-order chi connectivity index (χ1) is 27.5. The Morgan fingerprint density at radius 3 is 2.28 bits per heavy atom. The normalized spacial score (nSPS) is 15.7. The van der Waals surface area contributed by atoms with Crippen LogP contribution in [0.5, 0.6) is 11.5 Å². The van der Waals surface area contributed by atoms with E-state index in [1.54, 1.807) is 54.0 Å². The number of nitrogens with zero attached hydrogens (tertiary/aromatic N) is 4. The van der Waals surface area contributed by atoms with Crippen molar-refractivity contribution in [3.8, 4) is 22.8 Å². The number of hydrogen-bond donors (Lipinski definition) is 0. The minimum atomic E-state index is -2.88. The van der Waals surface area contributed by atoms with Crippen molar-refractivity contribution in [2.45, 2.75) is 45.8 Å². The van der Waals surface area contributed by atoms with Crippen LogP contribution in [0.1, 0.15) is 60.7 Å². The molecule has 3 heterocycles. The van der Waals surface area contributed by atoms with E-state index in [4.69, 9.17) is 25.8 Å². The Kier molecular flexibility index (Phi) is 12.0. The summed E-state index contributed by atoms with van der Waals surface area (Å²) in [5.74, 6) is 0.00150. The van der Waals surface area contributed by atoms with Gasteiger partial charge in [-0.3, -0.25) is 14.5 Å². The molecule has 1 saturated heterocycles. The van der Waals surface area contributed by atoms with E-state index in [1.165, 1.54) is 24.8 Å². The zero-order chi connectivity index (χ0) is 40.4. The van der Waals surface area contributed by atoms with Crippen LogP contribution in [0.15, 0.2) is 84.9 Å². The number of alkyl halides is 2. The number of morpholine rings is 1. The highest BCUT2D eigenvalue weighted by Gasteiger charge is 2.35. The molecular formula is C45H47ClF2N4O5. The van der Waals surface area contributed by atoms with Crippen molar-refractivity contribution in [2.75, 3.05) is 52.0 Å². The van der Waals surface area contributed by atoms with Gasteiger partial charge in [0.25, 0.3) is 18.2 Å². The molecule has 0 aliphatic carbocycles. The predicted octanol–water partition coefficient (Wildman–Crippen LogP) is 8.66. The number of hydrogen-bond acceptors (Lipinski definition) is 6. The number of amides is 2. The first kappa shape index (κ1) is 40.0. The first-order valence-corrected chi connectivity index (χ1v) is 19.4.